The Bertz CT molecular complexity index is 1330. The largest absolute Gasteiger partial charge is 0.298 e. The zero-order chi connectivity index (χ0) is 19.9. The lowest BCUT2D eigenvalue weighted by atomic mass is 10.2. The Kier molecular flexibility index (Phi) is 4.32. The molecule has 0 radical (unpaired) electrons. The predicted octanol–water partition coefficient (Wildman–Crippen LogP) is 5.50. The molecule has 1 aliphatic rings. The van der Waals surface area contributed by atoms with Crippen molar-refractivity contribution in [3.05, 3.63) is 66.3 Å². The zero-order valence-corrected chi connectivity index (χ0v) is 17.5. The van der Waals surface area contributed by atoms with Crippen molar-refractivity contribution >= 4 is 34.0 Å². The minimum absolute atomic E-state index is 0.465. The summed E-state index contributed by atoms with van der Waals surface area (Å²) in [6, 6.07) is 16.6. The fourth-order valence-corrected chi connectivity index (χ4v) is 5.13. The second-order valence-corrected chi connectivity index (χ2v) is 9.00. The van der Waals surface area contributed by atoms with Gasteiger partial charge >= 0.3 is 0 Å². The molecule has 1 aliphatic carbocycles. The first-order valence-corrected chi connectivity index (χ1v) is 11.4. The lowest BCUT2D eigenvalue weighted by Gasteiger charge is -2.10. The van der Waals surface area contributed by atoms with Crippen molar-refractivity contribution in [1.29, 1.82) is 0 Å². The normalized spacial score (nSPS) is 13.7. The monoisotopic (exact) mass is 428 g/mol. The molecule has 1 aromatic carbocycles. The van der Waals surface area contributed by atoms with Gasteiger partial charge in [0, 0.05) is 29.4 Å². The van der Waals surface area contributed by atoms with Gasteiger partial charge in [0.05, 0.1) is 10.4 Å². The summed E-state index contributed by atoms with van der Waals surface area (Å²) in [5.41, 5.74) is 1.86. The van der Waals surface area contributed by atoms with Gasteiger partial charge in [-0.15, -0.1) is 21.5 Å². The van der Waals surface area contributed by atoms with Crippen LogP contribution in [0, 0.1) is 0 Å². The lowest BCUT2D eigenvalue weighted by molar-refractivity contribution is 0.669. The molecule has 6 rings (SSSR count). The molecule has 0 spiro atoms. The van der Waals surface area contributed by atoms with Crippen molar-refractivity contribution in [3.63, 3.8) is 0 Å². The minimum Gasteiger partial charge on any atom is -0.298 e. The van der Waals surface area contributed by atoms with E-state index in [0.717, 1.165) is 50.2 Å². The second kappa shape index (κ2) is 7.30. The number of hydrogen-bond acceptors (Lipinski definition) is 7. The van der Waals surface area contributed by atoms with Crippen LogP contribution in [0.3, 0.4) is 0 Å². The van der Waals surface area contributed by atoms with Gasteiger partial charge in [-0.1, -0.05) is 24.3 Å². The Morgan fingerprint density at radius 1 is 0.933 bits per heavy atom. The summed E-state index contributed by atoms with van der Waals surface area (Å²) >= 11 is 3.26. The molecule has 0 saturated heterocycles. The van der Waals surface area contributed by atoms with E-state index in [1.807, 2.05) is 30.3 Å². The highest BCUT2D eigenvalue weighted by Crippen LogP contribution is 2.43. The predicted molar refractivity (Wildman–Crippen MR) is 118 cm³/mol. The van der Waals surface area contributed by atoms with Gasteiger partial charge in [-0.3, -0.25) is 9.55 Å². The van der Waals surface area contributed by atoms with Gasteiger partial charge in [-0.2, -0.15) is 0 Å². The molecular weight excluding hydrogens is 412 g/mol. The number of nitrogens with zero attached hydrogens (tertiary/aromatic N) is 6. The molecule has 6 nitrogen and oxygen atoms in total. The second-order valence-electron chi connectivity index (χ2n) is 7.09. The molecule has 8 heteroatoms. The van der Waals surface area contributed by atoms with Crippen LogP contribution in [0.25, 0.3) is 33.0 Å². The van der Waals surface area contributed by atoms with Crippen LogP contribution in [0.2, 0.25) is 0 Å². The molecule has 0 aliphatic heterocycles. The number of hydrogen-bond donors (Lipinski definition) is 0. The van der Waals surface area contributed by atoms with E-state index in [9.17, 15) is 0 Å². The number of pyridine rings is 1. The van der Waals surface area contributed by atoms with E-state index in [1.165, 1.54) is 0 Å². The molecule has 5 aromatic rings. The molecule has 1 fully saturated rings. The SMILES string of the molecule is c1csc(-c2nnc(Sc3nc(-c4ccncc4)nc4ccccc34)n2C2CC2)c1. The number of thiophene rings is 1. The van der Waals surface area contributed by atoms with Gasteiger partial charge in [0.1, 0.15) is 5.03 Å². The van der Waals surface area contributed by atoms with Crippen molar-refractivity contribution in [2.45, 2.75) is 29.1 Å². The molecule has 1 saturated carbocycles. The van der Waals surface area contributed by atoms with Crippen LogP contribution in [0.4, 0.5) is 0 Å². The summed E-state index contributed by atoms with van der Waals surface area (Å²) in [4.78, 5) is 14.9. The van der Waals surface area contributed by atoms with Crippen LogP contribution >= 0.6 is 23.1 Å². The Balaban J connectivity index is 1.48. The quantitative estimate of drug-likeness (QED) is 0.344. The summed E-state index contributed by atoms with van der Waals surface area (Å²) in [6.07, 6.45) is 5.85. The van der Waals surface area contributed by atoms with Gasteiger partial charge in [-0.05, 0) is 54.2 Å². The molecule has 0 bridgehead atoms. The summed E-state index contributed by atoms with van der Waals surface area (Å²) in [7, 11) is 0. The molecule has 30 heavy (non-hydrogen) atoms. The van der Waals surface area contributed by atoms with Crippen molar-refractivity contribution in [2.75, 3.05) is 0 Å². The summed E-state index contributed by atoms with van der Waals surface area (Å²) in [5.74, 6) is 1.64. The lowest BCUT2D eigenvalue weighted by Crippen LogP contribution is -2.00. The van der Waals surface area contributed by atoms with Crippen LogP contribution in [-0.2, 0) is 0 Å². The Labute approximate surface area is 181 Å². The topological polar surface area (TPSA) is 69.4 Å². The maximum absolute atomic E-state index is 4.90. The highest BCUT2D eigenvalue weighted by atomic mass is 32.2. The van der Waals surface area contributed by atoms with Crippen LogP contribution in [0.1, 0.15) is 18.9 Å². The summed E-state index contributed by atoms with van der Waals surface area (Å²) in [6.45, 7) is 0. The van der Waals surface area contributed by atoms with Crippen molar-refractivity contribution in [2.24, 2.45) is 0 Å². The average Bonchev–Trinajstić information content (AvgIpc) is 3.31. The van der Waals surface area contributed by atoms with Crippen LogP contribution < -0.4 is 0 Å². The first kappa shape index (κ1) is 17.7. The molecule has 4 heterocycles. The third-order valence-electron chi connectivity index (χ3n) is 5.01. The van der Waals surface area contributed by atoms with Crippen LogP contribution in [0.5, 0.6) is 0 Å². The standard InChI is InChI=1S/C22H16N6S2/c1-2-5-17-16(4-1)21(25-19(24-17)14-9-11-23-12-10-14)30-22-27-26-20(18-6-3-13-29-18)28(22)15-7-8-15/h1-6,9-13,15H,7-8H2. The smallest absolute Gasteiger partial charge is 0.198 e. The maximum atomic E-state index is 4.90. The Hall–Kier alpha value is -3.10. The average molecular weight is 429 g/mol. The van der Waals surface area contributed by atoms with E-state index in [1.54, 1.807) is 35.5 Å². The number of rotatable bonds is 5. The Morgan fingerprint density at radius 2 is 1.80 bits per heavy atom. The van der Waals surface area contributed by atoms with E-state index in [-0.39, 0.29) is 0 Å². The number of fused-ring (bicyclic) bond motifs is 1. The van der Waals surface area contributed by atoms with Crippen molar-refractivity contribution in [3.8, 4) is 22.1 Å². The van der Waals surface area contributed by atoms with E-state index in [4.69, 9.17) is 9.97 Å². The highest BCUT2D eigenvalue weighted by Gasteiger charge is 2.31. The molecule has 4 aromatic heterocycles. The van der Waals surface area contributed by atoms with Crippen molar-refractivity contribution < 1.29 is 0 Å². The molecule has 146 valence electrons. The van der Waals surface area contributed by atoms with E-state index in [0.29, 0.717) is 11.9 Å². The van der Waals surface area contributed by atoms with Gasteiger partial charge in [0.25, 0.3) is 0 Å². The van der Waals surface area contributed by atoms with Crippen LogP contribution in [0.15, 0.2) is 76.5 Å². The van der Waals surface area contributed by atoms with E-state index in [2.05, 4.69) is 43.3 Å². The molecule has 0 N–H and O–H groups in total. The van der Waals surface area contributed by atoms with E-state index < -0.39 is 0 Å². The first-order valence-electron chi connectivity index (χ1n) is 9.70. The van der Waals surface area contributed by atoms with Crippen molar-refractivity contribution in [1.82, 2.24) is 29.7 Å². The number of benzene rings is 1. The highest BCUT2D eigenvalue weighted by molar-refractivity contribution is 7.99. The zero-order valence-electron chi connectivity index (χ0n) is 15.8. The first-order chi connectivity index (χ1) is 14.9. The minimum atomic E-state index is 0.465. The summed E-state index contributed by atoms with van der Waals surface area (Å²) in [5, 5.41) is 13.9. The third-order valence-corrected chi connectivity index (χ3v) is 6.84. The molecular formula is C22H16N6S2. The number of aromatic nitrogens is 6. The van der Waals surface area contributed by atoms with Gasteiger partial charge < -0.3 is 0 Å². The summed E-state index contributed by atoms with van der Waals surface area (Å²) < 4.78 is 2.28. The Morgan fingerprint density at radius 3 is 2.60 bits per heavy atom. The molecule has 0 unspecified atom stereocenters. The van der Waals surface area contributed by atoms with Gasteiger partial charge in [0.15, 0.2) is 16.8 Å². The van der Waals surface area contributed by atoms with E-state index >= 15 is 0 Å². The molecule has 0 atom stereocenters. The van der Waals surface area contributed by atoms with Gasteiger partial charge in [-0.25, -0.2) is 9.97 Å². The molecule has 0 amide bonds. The van der Waals surface area contributed by atoms with Gasteiger partial charge in [0.2, 0.25) is 0 Å². The van der Waals surface area contributed by atoms with Crippen LogP contribution in [-0.4, -0.2) is 29.7 Å². The fraction of sp³-hybridized carbons (Fsp3) is 0.136. The number of para-hydroxylation sites is 1. The third kappa shape index (κ3) is 3.18. The maximum Gasteiger partial charge on any atom is 0.198 e. The fourth-order valence-electron chi connectivity index (χ4n) is 3.42.